The number of carbonyl (C=O) groups is 1. The Hall–Kier alpha value is -1.35. The number of benzene rings is 1. The molecule has 3 nitrogen and oxygen atoms in total. The molecular formula is C15H21NO2. The van der Waals surface area contributed by atoms with Crippen LogP contribution in [0.4, 0.5) is 0 Å². The number of fused-ring (bicyclic) bond motifs is 1. The molecule has 18 heavy (non-hydrogen) atoms. The second-order valence-electron chi connectivity index (χ2n) is 5.89. The van der Waals surface area contributed by atoms with Crippen molar-refractivity contribution in [1.29, 1.82) is 0 Å². The van der Waals surface area contributed by atoms with Gasteiger partial charge < -0.3 is 5.11 Å². The Bertz CT molecular complexity index is 454. The van der Waals surface area contributed by atoms with Gasteiger partial charge in [0.15, 0.2) is 0 Å². The molecule has 98 valence electrons. The highest BCUT2D eigenvalue weighted by Gasteiger charge is 2.38. The molecule has 1 aliphatic rings. The van der Waals surface area contributed by atoms with E-state index in [2.05, 4.69) is 30.1 Å². The van der Waals surface area contributed by atoms with Crippen molar-refractivity contribution >= 4 is 5.97 Å². The SMILES string of the molecule is CN1CCc2ccccc2C1C(C)(C)CC(=O)O. The number of carboxylic acids is 1. The first-order chi connectivity index (χ1) is 8.42. The van der Waals surface area contributed by atoms with Gasteiger partial charge in [-0.05, 0) is 30.0 Å². The first kappa shape index (κ1) is 13.1. The van der Waals surface area contributed by atoms with Crippen molar-refractivity contribution in [1.82, 2.24) is 4.90 Å². The van der Waals surface area contributed by atoms with Gasteiger partial charge in [0.25, 0.3) is 0 Å². The van der Waals surface area contributed by atoms with Crippen LogP contribution in [0.2, 0.25) is 0 Å². The van der Waals surface area contributed by atoms with Gasteiger partial charge in [-0.3, -0.25) is 9.69 Å². The molecule has 1 aromatic carbocycles. The third kappa shape index (κ3) is 2.41. The molecule has 0 fully saturated rings. The highest BCUT2D eigenvalue weighted by Crippen LogP contribution is 2.43. The molecule has 0 saturated carbocycles. The van der Waals surface area contributed by atoms with Crippen LogP contribution < -0.4 is 0 Å². The molecule has 0 spiro atoms. The summed E-state index contributed by atoms with van der Waals surface area (Å²) in [6, 6.07) is 8.58. The van der Waals surface area contributed by atoms with Crippen molar-refractivity contribution in [2.45, 2.75) is 32.7 Å². The van der Waals surface area contributed by atoms with Crippen molar-refractivity contribution in [3.63, 3.8) is 0 Å². The molecule has 1 N–H and O–H groups in total. The van der Waals surface area contributed by atoms with Crippen molar-refractivity contribution in [3.05, 3.63) is 35.4 Å². The molecular weight excluding hydrogens is 226 g/mol. The van der Waals surface area contributed by atoms with Crippen LogP contribution in [0.15, 0.2) is 24.3 Å². The highest BCUT2D eigenvalue weighted by atomic mass is 16.4. The highest BCUT2D eigenvalue weighted by molar-refractivity contribution is 5.67. The monoisotopic (exact) mass is 247 g/mol. The molecule has 1 heterocycles. The first-order valence-corrected chi connectivity index (χ1v) is 6.41. The van der Waals surface area contributed by atoms with Crippen molar-refractivity contribution in [2.75, 3.05) is 13.6 Å². The molecule has 0 aliphatic carbocycles. The van der Waals surface area contributed by atoms with Gasteiger partial charge in [0, 0.05) is 12.6 Å². The number of hydrogen-bond donors (Lipinski definition) is 1. The lowest BCUT2D eigenvalue weighted by molar-refractivity contribution is -0.140. The molecule has 0 saturated heterocycles. The molecule has 0 amide bonds. The predicted molar refractivity (Wildman–Crippen MR) is 71.6 cm³/mol. The van der Waals surface area contributed by atoms with Gasteiger partial charge in [0.1, 0.15) is 0 Å². The maximum Gasteiger partial charge on any atom is 0.303 e. The third-order valence-corrected chi connectivity index (χ3v) is 3.87. The van der Waals surface area contributed by atoms with Gasteiger partial charge in [0.2, 0.25) is 0 Å². The number of hydrogen-bond acceptors (Lipinski definition) is 2. The van der Waals surface area contributed by atoms with Gasteiger partial charge in [-0.15, -0.1) is 0 Å². The summed E-state index contributed by atoms with van der Waals surface area (Å²) >= 11 is 0. The Morgan fingerprint density at radius 1 is 1.44 bits per heavy atom. The van der Waals surface area contributed by atoms with Crippen molar-refractivity contribution in [3.8, 4) is 0 Å². The van der Waals surface area contributed by atoms with E-state index in [1.165, 1.54) is 11.1 Å². The standard InChI is InChI=1S/C15H21NO2/c1-15(2,10-13(17)18)14-12-7-5-4-6-11(12)8-9-16(14)3/h4-7,14H,8-10H2,1-3H3,(H,17,18). The summed E-state index contributed by atoms with van der Waals surface area (Å²) in [7, 11) is 2.09. The van der Waals surface area contributed by atoms with Crippen LogP contribution in [-0.2, 0) is 11.2 Å². The van der Waals surface area contributed by atoms with E-state index in [9.17, 15) is 4.79 Å². The Balaban J connectivity index is 2.40. The fraction of sp³-hybridized carbons (Fsp3) is 0.533. The van der Waals surface area contributed by atoms with Crippen molar-refractivity contribution < 1.29 is 9.90 Å². The molecule has 0 aromatic heterocycles. The number of aliphatic carboxylic acids is 1. The lowest BCUT2D eigenvalue weighted by Gasteiger charge is -2.43. The first-order valence-electron chi connectivity index (χ1n) is 6.41. The van der Waals surface area contributed by atoms with Crippen LogP contribution in [0.3, 0.4) is 0 Å². The topological polar surface area (TPSA) is 40.5 Å². The summed E-state index contributed by atoms with van der Waals surface area (Å²) < 4.78 is 0. The van der Waals surface area contributed by atoms with Gasteiger partial charge in [-0.25, -0.2) is 0 Å². The zero-order chi connectivity index (χ0) is 13.3. The smallest absolute Gasteiger partial charge is 0.303 e. The van der Waals surface area contributed by atoms with E-state index in [0.29, 0.717) is 0 Å². The summed E-state index contributed by atoms with van der Waals surface area (Å²) in [4.78, 5) is 13.3. The number of carboxylic acid groups (broad SMARTS) is 1. The van der Waals surface area contributed by atoms with Gasteiger partial charge in [-0.2, -0.15) is 0 Å². The van der Waals surface area contributed by atoms with Crippen LogP contribution >= 0.6 is 0 Å². The summed E-state index contributed by atoms with van der Waals surface area (Å²) in [5, 5.41) is 9.10. The van der Waals surface area contributed by atoms with Crippen molar-refractivity contribution in [2.24, 2.45) is 5.41 Å². The fourth-order valence-corrected chi connectivity index (χ4v) is 3.20. The maximum absolute atomic E-state index is 11.1. The van der Waals surface area contributed by atoms with Crippen LogP contribution in [0.25, 0.3) is 0 Å². The van der Waals surface area contributed by atoms with E-state index in [4.69, 9.17) is 5.11 Å². The van der Waals surface area contributed by atoms with E-state index in [1.807, 2.05) is 19.9 Å². The average Bonchev–Trinajstić information content (AvgIpc) is 2.26. The predicted octanol–water partition coefficient (Wildman–Crippen LogP) is 2.72. The minimum atomic E-state index is -0.726. The van der Waals surface area contributed by atoms with Crippen LogP contribution in [0, 0.1) is 5.41 Å². The summed E-state index contributed by atoms with van der Waals surface area (Å²) in [6.07, 6.45) is 1.24. The summed E-state index contributed by atoms with van der Waals surface area (Å²) in [5.74, 6) is -0.726. The lowest BCUT2D eigenvalue weighted by Crippen LogP contribution is -2.41. The van der Waals surface area contributed by atoms with Gasteiger partial charge in [-0.1, -0.05) is 38.1 Å². The Morgan fingerprint density at radius 3 is 2.78 bits per heavy atom. The van der Waals surface area contributed by atoms with Gasteiger partial charge >= 0.3 is 5.97 Å². The molecule has 1 unspecified atom stereocenters. The maximum atomic E-state index is 11.1. The molecule has 3 heteroatoms. The van der Waals surface area contributed by atoms with E-state index in [0.717, 1.165) is 13.0 Å². The molecule has 2 rings (SSSR count). The fourth-order valence-electron chi connectivity index (χ4n) is 3.20. The Morgan fingerprint density at radius 2 is 2.11 bits per heavy atom. The quantitative estimate of drug-likeness (QED) is 0.892. The molecule has 0 bridgehead atoms. The normalized spacial score (nSPS) is 20.5. The lowest BCUT2D eigenvalue weighted by atomic mass is 9.74. The van der Waals surface area contributed by atoms with E-state index >= 15 is 0 Å². The number of likely N-dealkylation sites (N-methyl/N-ethyl adjacent to an activating group) is 1. The molecule has 1 atom stereocenters. The largest absolute Gasteiger partial charge is 0.481 e. The minimum Gasteiger partial charge on any atom is -0.481 e. The van der Waals surface area contributed by atoms with Crippen LogP contribution in [0.1, 0.15) is 37.4 Å². The molecule has 0 radical (unpaired) electrons. The summed E-state index contributed by atoms with van der Waals surface area (Å²) in [6.45, 7) is 5.08. The average molecular weight is 247 g/mol. The Labute approximate surface area is 108 Å². The van der Waals surface area contributed by atoms with E-state index < -0.39 is 5.97 Å². The third-order valence-electron chi connectivity index (χ3n) is 3.87. The molecule has 1 aromatic rings. The van der Waals surface area contributed by atoms with Gasteiger partial charge in [0.05, 0.1) is 6.42 Å². The number of nitrogens with zero attached hydrogens (tertiary/aromatic N) is 1. The van der Waals surface area contributed by atoms with Crippen LogP contribution in [-0.4, -0.2) is 29.6 Å². The van der Waals surface area contributed by atoms with E-state index in [1.54, 1.807) is 0 Å². The number of rotatable bonds is 3. The zero-order valence-electron chi connectivity index (χ0n) is 11.3. The molecule has 1 aliphatic heterocycles. The second-order valence-corrected chi connectivity index (χ2v) is 5.89. The zero-order valence-corrected chi connectivity index (χ0v) is 11.3. The summed E-state index contributed by atoms with van der Waals surface area (Å²) in [5.41, 5.74) is 2.38. The van der Waals surface area contributed by atoms with Crippen LogP contribution in [0.5, 0.6) is 0 Å². The minimum absolute atomic E-state index is 0.179. The second kappa shape index (κ2) is 4.73. The Kier molecular flexibility index (Phi) is 3.44. The van der Waals surface area contributed by atoms with E-state index in [-0.39, 0.29) is 17.9 Å².